The molecule has 6 heteroatoms. The number of ether oxygens (including phenoxy) is 1. The van der Waals surface area contributed by atoms with Crippen LogP contribution in [0.25, 0.3) is 5.65 Å². The van der Waals surface area contributed by atoms with Crippen molar-refractivity contribution >= 4 is 11.6 Å². The number of carboxylic acid groups (broad SMARTS) is 1. The summed E-state index contributed by atoms with van der Waals surface area (Å²) < 4.78 is 7.10. The van der Waals surface area contributed by atoms with Gasteiger partial charge in [0.1, 0.15) is 11.3 Å². The largest absolute Gasteiger partial charge is 0.494 e. The minimum atomic E-state index is -1.00. The van der Waals surface area contributed by atoms with Crippen molar-refractivity contribution in [2.24, 2.45) is 0 Å². The molecule has 0 bridgehead atoms. The summed E-state index contributed by atoms with van der Waals surface area (Å²) in [6, 6.07) is 12.8. The highest BCUT2D eigenvalue weighted by Gasteiger charge is 2.12. The van der Waals surface area contributed by atoms with Gasteiger partial charge in [-0.3, -0.25) is 0 Å². The van der Waals surface area contributed by atoms with E-state index in [0.29, 0.717) is 24.5 Å². The standard InChI is InChI=1S/C16H15N3O3/c20-16(21)13-8-4-10-19-15(13)17-14(18-19)9-5-11-22-12-6-2-1-3-7-12/h1-4,6-8,10H,5,9,11H2,(H,20,21). The predicted molar refractivity (Wildman–Crippen MR) is 80.2 cm³/mol. The van der Waals surface area contributed by atoms with E-state index < -0.39 is 5.97 Å². The molecule has 0 unspecified atom stereocenters. The van der Waals surface area contributed by atoms with E-state index in [0.717, 1.165) is 12.2 Å². The molecular formula is C16H15N3O3. The van der Waals surface area contributed by atoms with E-state index in [4.69, 9.17) is 9.84 Å². The van der Waals surface area contributed by atoms with Gasteiger partial charge in [0.25, 0.3) is 0 Å². The molecule has 0 fully saturated rings. The summed E-state index contributed by atoms with van der Waals surface area (Å²) in [5.74, 6) is 0.445. The quantitative estimate of drug-likeness (QED) is 0.707. The number of aromatic carboxylic acids is 1. The summed E-state index contributed by atoms with van der Waals surface area (Å²) in [7, 11) is 0. The van der Waals surface area contributed by atoms with Crippen molar-refractivity contribution in [2.45, 2.75) is 12.8 Å². The predicted octanol–water partition coefficient (Wildman–Crippen LogP) is 2.44. The second kappa shape index (κ2) is 6.26. The maximum Gasteiger partial charge on any atom is 0.339 e. The highest BCUT2D eigenvalue weighted by molar-refractivity contribution is 5.94. The topological polar surface area (TPSA) is 76.7 Å². The zero-order chi connectivity index (χ0) is 15.4. The molecule has 0 saturated heterocycles. The van der Waals surface area contributed by atoms with Crippen molar-refractivity contribution in [2.75, 3.05) is 6.61 Å². The summed E-state index contributed by atoms with van der Waals surface area (Å²) in [6.07, 6.45) is 3.08. The van der Waals surface area contributed by atoms with Crippen LogP contribution in [0.15, 0.2) is 48.7 Å². The van der Waals surface area contributed by atoms with E-state index in [1.807, 2.05) is 30.3 Å². The molecule has 2 aromatic heterocycles. The molecule has 0 aliphatic carbocycles. The summed E-state index contributed by atoms with van der Waals surface area (Å²) in [6.45, 7) is 0.561. The molecule has 22 heavy (non-hydrogen) atoms. The molecule has 1 N–H and O–H groups in total. The van der Waals surface area contributed by atoms with Gasteiger partial charge in [-0.2, -0.15) is 5.10 Å². The van der Waals surface area contributed by atoms with Crippen LogP contribution in [0.5, 0.6) is 5.75 Å². The molecule has 0 aliphatic heterocycles. The van der Waals surface area contributed by atoms with Gasteiger partial charge >= 0.3 is 5.97 Å². The molecule has 112 valence electrons. The summed E-state index contributed by atoms with van der Waals surface area (Å²) in [4.78, 5) is 15.4. The smallest absolute Gasteiger partial charge is 0.339 e. The number of hydrogen-bond donors (Lipinski definition) is 1. The maximum absolute atomic E-state index is 11.1. The van der Waals surface area contributed by atoms with Gasteiger partial charge in [0.05, 0.1) is 6.61 Å². The first-order valence-corrected chi connectivity index (χ1v) is 6.99. The molecule has 0 radical (unpaired) electrons. The zero-order valence-corrected chi connectivity index (χ0v) is 11.8. The van der Waals surface area contributed by atoms with Gasteiger partial charge in [-0.15, -0.1) is 0 Å². The van der Waals surface area contributed by atoms with Crippen LogP contribution in [-0.4, -0.2) is 32.3 Å². The van der Waals surface area contributed by atoms with E-state index in [9.17, 15) is 4.79 Å². The molecule has 1 aromatic carbocycles. The monoisotopic (exact) mass is 297 g/mol. The lowest BCUT2D eigenvalue weighted by Gasteiger charge is -2.03. The van der Waals surface area contributed by atoms with Gasteiger partial charge in [0, 0.05) is 12.6 Å². The van der Waals surface area contributed by atoms with Gasteiger partial charge in [-0.25, -0.2) is 14.3 Å². The Balaban J connectivity index is 1.62. The average Bonchev–Trinajstić information content (AvgIpc) is 2.95. The van der Waals surface area contributed by atoms with Crippen molar-refractivity contribution in [3.8, 4) is 5.75 Å². The third-order valence-corrected chi connectivity index (χ3v) is 3.19. The van der Waals surface area contributed by atoms with Crippen LogP contribution in [0, 0.1) is 0 Å². The number of nitrogens with zero attached hydrogens (tertiary/aromatic N) is 3. The molecule has 6 nitrogen and oxygen atoms in total. The highest BCUT2D eigenvalue weighted by atomic mass is 16.5. The van der Waals surface area contributed by atoms with Crippen molar-refractivity contribution in [3.63, 3.8) is 0 Å². The van der Waals surface area contributed by atoms with Gasteiger partial charge in [-0.05, 0) is 30.7 Å². The fourth-order valence-corrected chi connectivity index (χ4v) is 2.16. The van der Waals surface area contributed by atoms with Crippen molar-refractivity contribution in [1.82, 2.24) is 14.6 Å². The lowest BCUT2D eigenvalue weighted by atomic mass is 10.3. The lowest BCUT2D eigenvalue weighted by molar-refractivity contribution is 0.0698. The van der Waals surface area contributed by atoms with Crippen LogP contribution >= 0.6 is 0 Å². The molecule has 0 spiro atoms. The van der Waals surface area contributed by atoms with Crippen LogP contribution < -0.4 is 4.74 Å². The van der Waals surface area contributed by atoms with E-state index in [-0.39, 0.29) is 5.56 Å². The first-order chi connectivity index (χ1) is 10.7. The number of carbonyl (C=O) groups is 1. The number of para-hydroxylation sites is 1. The van der Waals surface area contributed by atoms with Crippen LogP contribution in [0.2, 0.25) is 0 Å². The Bertz CT molecular complexity index is 784. The average molecular weight is 297 g/mol. The Kier molecular flexibility index (Phi) is 4.00. The first kappa shape index (κ1) is 14.1. The Hall–Kier alpha value is -2.89. The third kappa shape index (κ3) is 3.06. The normalized spacial score (nSPS) is 10.7. The molecule has 0 atom stereocenters. The minimum absolute atomic E-state index is 0.154. The van der Waals surface area contributed by atoms with Gasteiger partial charge in [-0.1, -0.05) is 18.2 Å². The molecular weight excluding hydrogens is 282 g/mol. The molecule has 3 rings (SSSR count). The minimum Gasteiger partial charge on any atom is -0.494 e. The number of aromatic nitrogens is 3. The summed E-state index contributed by atoms with van der Waals surface area (Å²) in [5, 5.41) is 13.4. The van der Waals surface area contributed by atoms with Crippen LogP contribution in [0.1, 0.15) is 22.6 Å². The molecule has 0 saturated carbocycles. The van der Waals surface area contributed by atoms with Gasteiger partial charge in [0.15, 0.2) is 11.5 Å². The number of pyridine rings is 1. The number of carboxylic acids is 1. The lowest BCUT2D eigenvalue weighted by Crippen LogP contribution is -2.00. The van der Waals surface area contributed by atoms with Crippen molar-refractivity contribution < 1.29 is 14.6 Å². The molecule has 0 aliphatic rings. The van der Waals surface area contributed by atoms with Crippen molar-refractivity contribution in [3.05, 3.63) is 60.0 Å². The number of fused-ring (bicyclic) bond motifs is 1. The second-order valence-corrected chi connectivity index (χ2v) is 4.79. The molecule has 2 heterocycles. The van der Waals surface area contributed by atoms with Crippen LogP contribution in [-0.2, 0) is 6.42 Å². The van der Waals surface area contributed by atoms with Gasteiger partial charge < -0.3 is 9.84 Å². The Morgan fingerprint density at radius 1 is 1.18 bits per heavy atom. The number of aryl methyl sites for hydroxylation is 1. The van der Waals surface area contributed by atoms with E-state index in [2.05, 4.69) is 10.1 Å². The molecule has 3 aromatic rings. The van der Waals surface area contributed by atoms with E-state index in [1.54, 1.807) is 12.3 Å². The number of benzene rings is 1. The van der Waals surface area contributed by atoms with Gasteiger partial charge in [0.2, 0.25) is 0 Å². The third-order valence-electron chi connectivity index (χ3n) is 3.19. The Morgan fingerprint density at radius 3 is 2.77 bits per heavy atom. The SMILES string of the molecule is O=C(O)c1cccn2nc(CCCOc3ccccc3)nc12. The fourth-order valence-electron chi connectivity index (χ4n) is 2.16. The Labute approximate surface area is 127 Å². The van der Waals surface area contributed by atoms with Crippen LogP contribution in [0.4, 0.5) is 0 Å². The fraction of sp³-hybridized carbons (Fsp3) is 0.188. The highest BCUT2D eigenvalue weighted by Crippen LogP contribution is 2.11. The van der Waals surface area contributed by atoms with E-state index in [1.165, 1.54) is 10.6 Å². The zero-order valence-electron chi connectivity index (χ0n) is 11.8. The Morgan fingerprint density at radius 2 is 2.00 bits per heavy atom. The summed E-state index contributed by atoms with van der Waals surface area (Å²) >= 11 is 0. The van der Waals surface area contributed by atoms with Crippen molar-refractivity contribution in [1.29, 1.82) is 0 Å². The maximum atomic E-state index is 11.1. The second-order valence-electron chi connectivity index (χ2n) is 4.79. The number of hydrogen-bond acceptors (Lipinski definition) is 4. The summed E-state index contributed by atoms with van der Waals surface area (Å²) in [5.41, 5.74) is 0.524. The molecule has 0 amide bonds. The van der Waals surface area contributed by atoms with Crippen LogP contribution in [0.3, 0.4) is 0 Å². The number of rotatable bonds is 6. The van der Waals surface area contributed by atoms with E-state index >= 15 is 0 Å². The first-order valence-electron chi connectivity index (χ1n) is 6.99.